The largest absolute Gasteiger partial charge is 0.389 e. The topological polar surface area (TPSA) is 46.2 Å². The summed E-state index contributed by atoms with van der Waals surface area (Å²) < 4.78 is 0. The van der Waals surface area contributed by atoms with E-state index in [2.05, 4.69) is 0 Å². The van der Waals surface area contributed by atoms with Crippen LogP contribution in [0.1, 0.15) is 24.2 Å². The number of rotatable bonds is 2. The summed E-state index contributed by atoms with van der Waals surface area (Å²) in [6.45, 7) is 2.30. The Morgan fingerprint density at radius 2 is 1.91 bits per heavy atom. The molecule has 0 aliphatic rings. The van der Waals surface area contributed by atoms with Crippen LogP contribution in [0.15, 0.2) is 24.3 Å². The Morgan fingerprint density at radius 1 is 1.36 bits per heavy atom. The van der Waals surface area contributed by atoms with Crippen LogP contribution in [0, 0.1) is 0 Å². The van der Waals surface area contributed by atoms with E-state index in [1.807, 2.05) is 24.3 Å². The van der Waals surface area contributed by atoms with Gasteiger partial charge in [-0.1, -0.05) is 24.3 Å². The predicted molar refractivity (Wildman–Crippen MR) is 45.0 cm³/mol. The highest BCUT2D eigenvalue weighted by Crippen LogP contribution is 2.11. The number of benzene rings is 1. The van der Waals surface area contributed by atoms with Crippen LogP contribution in [0.2, 0.25) is 0 Å². The third kappa shape index (κ3) is 2.03. The van der Waals surface area contributed by atoms with Crippen LogP contribution in [0.5, 0.6) is 0 Å². The second kappa shape index (κ2) is 3.51. The molecule has 2 nitrogen and oxygen atoms in total. The summed E-state index contributed by atoms with van der Waals surface area (Å²) >= 11 is 0. The first-order valence-electron chi connectivity index (χ1n) is 3.71. The van der Waals surface area contributed by atoms with E-state index in [1.54, 1.807) is 6.92 Å². The number of hydrogen-bond donors (Lipinski definition) is 2. The zero-order valence-corrected chi connectivity index (χ0v) is 6.62. The smallest absolute Gasteiger partial charge is 0.0761 e. The molecule has 0 saturated carbocycles. The quantitative estimate of drug-likeness (QED) is 0.667. The van der Waals surface area contributed by atoms with Crippen molar-refractivity contribution < 1.29 is 5.11 Å². The van der Waals surface area contributed by atoms with Crippen molar-refractivity contribution in [2.24, 2.45) is 5.73 Å². The lowest BCUT2D eigenvalue weighted by molar-refractivity contribution is 0.199. The van der Waals surface area contributed by atoms with Crippen molar-refractivity contribution in [3.05, 3.63) is 35.4 Å². The average molecular weight is 151 g/mol. The van der Waals surface area contributed by atoms with Crippen molar-refractivity contribution >= 4 is 0 Å². The van der Waals surface area contributed by atoms with Gasteiger partial charge >= 0.3 is 0 Å². The molecule has 11 heavy (non-hydrogen) atoms. The molecule has 0 spiro atoms. The van der Waals surface area contributed by atoms with Crippen LogP contribution < -0.4 is 5.73 Å². The van der Waals surface area contributed by atoms with E-state index in [9.17, 15) is 0 Å². The highest BCUT2D eigenvalue weighted by Gasteiger charge is 1.98. The third-order valence-electron chi connectivity index (χ3n) is 1.70. The van der Waals surface area contributed by atoms with Gasteiger partial charge in [-0.3, -0.25) is 0 Å². The average Bonchev–Trinajstić information content (AvgIpc) is 2.05. The minimum absolute atomic E-state index is 0.387. The summed E-state index contributed by atoms with van der Waals surface area (Å²) in [7, 11) is 0. The molecule has 1 aromatic carbocycles. The third-order valence-corrected chi connectivity index (χ3v) is 1.70. The fourth-order valence-electron chi connectivity index (χ4n) is 0.932. The Hall–Kier alpha value is -0.860. The van der Waals surface area contributed by atoms with E-state index in [4.69, 9.17) is 10.8 Å². The molecule has 60 valence electrons. The first-order valence-corrected chi connectivity index (χ1v) is 3.71. The molecule has 0 heterocycles. The van der Waals surface area contributed by atoms with Gasteiger partial charge in [0, 0.05) is 6.54 Å². The van der Waals surface area contributed by atoms with Gasteiger partial charge in [-0.15, -0.1) is 0 Å². The number of hydrogen-bond acceptors (Lipinski definition) is 2. The van der Waals surface area contributed by atoms with Crippen LogP contribution in [0.4, 0.5) is 0 Å². The maximum atomic E-state index is 9.16. The van der Waals surface area contributed by atoms with E-state index in [0.29, 0.717) is 6.54 Å². The maximum absolute atomic E-state index is 9.16. The van der Waals surface area contributed by atoms with Gasteiger partial charge in [0.1, 0.15) is 0 Å². The van der Waals surface area contributed by atoms with Crippen molar-refractivity contribution in [2.75, 3.05) is 0 Å². The lowest BCUT2D eigenvalue weighted by atomic mass is 10.1. The number of nitrogens with two attached hydrogens (primary N) is 1. The van der Waals surface area contributed by atoms with E-state index in [-0.39, 0.29) is 6.10 Å². The number of aliphatic hydroxyl groups is 1. The molecular weight excluding hydrogens is 138 g/mol. The van der Waals surface area contributed by atoms with Crippen LogP contribution in [-0.2, 0) is 6.54 Å². The van der Waals surface area contributed by atoms with Gasteiger partial charge in [0.2, 0.25) is 0 Å². The van der Waals surface area contributed by atoms with Crippen LogP contribution in [0.3, 0.4) is 0 Å². The summed E-state index contributed by atoms with van der Waals surface area (Å²) in [5.41, 5.74) is 7.44. The van der Waals surface area contributed by atoms with Gasteiger partial charge in [-0.25, -0.2) is 0 Å². The van der Waals surface area contributed by atoms with E-state index in [1.165, 1.54) is 0 Å². The SMILES string of the molecule is C[C@H](O)c1ccc(CN)cc1. The minimum Gasteiger partial charge on any atom is -0.389 e. The van der Waals surface area contributed by atoms with E-state index < -0.39 is 0 Å². The molecule has 1 aromatic rings. The molecule has 1 rings (SSSR count). The highest BCUT2D eigenvalue weighted by molar-refractivity contribution is 5.23. The monoisotopic (exact) mass is 151 g/mol. The first-order chi connectivity index (χ1) is 5.24. The number of aliphatic hydroxyl groups excluding tert-OH is 1. The molecule has 2 heteroatoms. The van der Waals surface area contributed by atoms with Crippen molar-refractivity contribution in [3.8, 4) is 0 Å². The van der Waals surface area contributed by atoms with Crippen LogP contribution >= 0.6 is 0 Å². The molecule has 0 fully saturated rings. The van der Waals surface area contributed by atoms with Gasteiger partial charge in [0.15, 0.2) is 0 Å². The molecule has 0 aliphatic carbocycles. The summed E-state index contributed by atoms with van der Waals surface area (Å²) in [4.78, 5) is 0. The molecule has 0 aromatic heterocycles. The van der Waals surface area contributed by atoms with E-state index in [0.717, 1.165) is 11.1 Å². The van der Waals surface area contributed by atoms with Crippen LogP contribution in [-0.4, -0.2) is 5.11 Å². The molecule has 0 aliphatic heterocycles. The van der Waals surface area contributed by atoms with Crippen molar-refractivity contribution in [1.82, 2.24) is 0 Å². The highest BCUT2D eigenvalue weighted by atomic mass is 16.3. The Morgan fingerprint density at radius 3 is 2.27 bits per heavy atom. The zero-order valence-electron chi connectivity index (χ0n) is 6.62. The summed E-state index contributed by atoms with van der Waals surface area (Å²) in [5, 5.41) is 9.16. The molecule has 0 bridgehead atoms. The van der Waals surface area contributed by atoms with E-state index >= 15 is 0 Å². The Labute approximate surface area is 66.7 Å². The summed E-state index contributed by atoms with van der Waals surface area (Å²) in [6.07, 6.45) is -0.387. The van der Waals surface area contributed by atoms with Crippen molar-refractivity contribution in [1.29, 1.82) is 0 Å². The zero-order chi connectivity index (χ0) is 8.27. The maximum Gasteiger partial charge on any atom is 0.0761 e. The molecule has 3 N–H and O–H groups in total. The Kier molecular flexibility index (Phi) is 2.63. The fourth-order valence-corrected chi connectivity index (χ4v) is 0.932. The lowest BCUT2D eigenvalue weighted by Crippen LogP contribution is -1.97. The second-order valence-electron chi connectivity index (χ2n) is 2.62. The standard InChI is InChI=1S/C9H13NO/c1-7(11)9-4-2-8(6-10)3-5-9/h2-5,7,11H,6,10H2,1H3/t7-/m0/s1. The van der Waals surface area contributed by atoms with Gasteiger partial charge in [-0.05, 0) is 18.1 Å². The molecule has 1 atom stereocenters. The minimum atomic E-state index is -0.387. The molecule has 0 unspecified atom stereocenters. The molecule has 0 radical (unpaired) electrons. The van der Waals surface area contributed by atoms with Gasteiger partial charge in [-0.2, -0.15) is 0 Å². The molecular formula is C9H13NO. The normalized spacial score (nSPS) is 13.0. The van der Waals surface area contributed by atoms with Gasteiger partial charge in [0.05, 0.1) is 6.10 Å². The molecule has 0 saturated heterocycles. The lowest BCUT2D eigenvalue weighted by Gasteiger charge is -2.04. The second-order valence-corrected chi connectivity index (χ2v) is 2.62. The Balaban J connectivity index is 2.83. The fraction of sp³-hybridized carbons (Fsp3) is 0.333. The van der Waals surface area contributed by atoms with Crippen molar-refractivity contribution in [3.63, 3.8) is 0 Å². The van der Waals surface area contributed by atoms with Gasteiger partial charge in [0.25, 0.3) is 0 Å². The summed E-state index contributed by atoms with van der Waals surface area (Å²) in [5.74, 6) is 0. The predicted octanol–water partition coefficient (Wildman–Crippen LogP) is 1.20. The molecule has 0 amide bonds. The van der Waals surface area contributed by atoms with Gasteiger partial charge < -0.3 is 10.8 Å². The van der Waals surface area contributed by atoms with Crippen LogP contribution in [0.25, 0.3) is 0 Å². The van der Waals surface area contributed by atoms with Crippen molar-refractivity contribution in [2.45, 2.75) is 19.6 Å². The summed E-state index contributed by atoms with van der Waals surface area (Å²) in [6, 6.07) is 7.66. The Bertz CT molecular complexity index is 216. The first kappa shape index (κ1) is 8.24.